The van der Waals surface area contributed by atoms with Crippen LogP contribution >= 0.6 is 0 Å². The molecule has 2 rings (SSSR count). The van der Waals surface area contributed by atoms with Gasteiger partial charge in [0.25, 0.3) is 0 Å². The SMILES string of the molecule is O=C(c1cc(CF)c(CF)c(CF)c1)[C@@H]1CCCN1. The van der Waals surface area contributed by atoms with Crippen molar-refractivity contribution in [2.45, 2.75) is 38.9 Å². The first-order chi connectivity index (χ1) is 9.21. The molecule has 0 spiro atoms. The highest BCUT2D eigenvalue weighted by Gasteiger charge is 2.24. The van der Waals surface area contributed by atoms with Gasteiger partial charge in [-0.05, 0) is 48.2 Å². The maximum absolute atomic E-state index is 12.9. The Labute approximate surface area is 110 Å². The molecule has 0 unspecified atom stereocenters. The van der Waals surface area contributed by atoms with Crippen molar-refractivity contribution in [3.63, 3.8) is 0 Å². The lowest BCUT2D eigenvalue weighted by Crippen LogP contribution is -2.31. The minimum atomic E-state index is -0.922. The lowest BCUT2D eigenvalue weighted by Gasteiger charge is -2.14. The maximum atomic E-state index is 12.9. The van der Waals surface area contributed by atoms with E-state index in [-0.39, 0.29) is 34.1 Å². The van der Waals surface area contributed by atoms with E-state index in [0.29, 0.717) is 0 Å². The number of benzene rings is 1. The molecule has 1 N–H and O–H groups in total. The van der Waals surface area contributed by atoms with Crippen LogP contribution in [-0.4, -0.2) is 18.4 Å². The van der Waals surface area contributed by atoms with Crippen molar-refractivity contribution < 1.29 is 18.0 Å². The molecule has 2 nitrogen and oxygen atoms in total. The molecule has 0 bridgehead atoms. The third kappa shape index (κ3) is 2.81. The van der Waals surface area contributed by atoms with Gasteiger partial charge in [0.05, 0.1) is 6.04 Å². The first-order valence-electron chi connectivity index (χ1n) is 6.31. The molecule has 0 aliphatic carbocycles. The molecule has 1 aromatic carbocycles. The van der Waals surface area contributed by atoms with Gasteiger partial charge in [0.1, 0.15) is 20.0 Å². The van der Waals surface area contributed by atoms with Crippen LogP contribution in [0.25, 0.3) is 0 Å². The minimum absolute atomic E-state index is 0.0286. The fourth-order valence-corrected chi connectivity index (χ4v) is 2.46. The zero-order chi connectivity index (χ0) is 13.8. The van der Waals surface area contributed by atoms with E-state index in [1.807, 2.05) is 0 Å². The van der Waals surface area contributed by atoms with Crippen molar-refractivity contribution in [1.82, 2.24) is 5.32 Å². The molecule has 0 radical (unpaired) electrons. The third-order valence-electron chi connectivity index (χ3n) is 3.52. The van der Waals surface area contributed by atoms with Gasteiger partial charge in [-0.25, -0.2) is 13.2 Å². The predicted octanol–water partition coefficient (Wildman–Crippen LogP) is 3.03. The van der Waals surface area contributed by atoms with Crippen molar-refractivity contribution in [2.24, 2.45) is 0 Å². The number of hydrogen-bond acceptors (Lipinski definition) is 2. The summed E-state index contributed by atoms with van der Waals surface area (Å²) in [5.41, 5.74) is 0.427. The maximum Gasteiger partial charge on any atom is 0.179 e. The Morgan fingerprint density at radius 3 is 2.21 bits per heavy atom. The van der Waals surface area contributed by atoms with Crippen molar-refractivity contribution in [3.05, 3.63) is 34.4 Å². The highest BCUT2D eigenvalue weighted by atomic mass is 19.1. The molecule has 1 aliphatic heterocycles. The number of alkyl halides is 3. The van der Waals surface area contributed by atoms with E-state index in [1.54, 1.807) is 0 Å². The van der Waals surface area contributed by atoms with Crippen molar-refractivity contribution in [3.8, 4) is 0 Å². The topological polar surface area (TPSA) is 29.1 Å². The Bertz CT molecular complexity index is 445. The van der Waals surface area contributed by atoms with Gasteiger partial charge in [-0.3, -0.25) is 4.79 Å². The lowest BCUT2D eigenvalue weighted by molar-refractivity contribution is 0.0952. The summed E-state index contributed by atoms with van der Waals surface area (Å²) in [6, 6.07) is 2.39. The second-order valence-corrected chi connectivity index (χ2v) is 4.69. The van der Waals surface area contributed by atoms with Crippen LogP contribution in [0.4, 0.5) is 13.2 Å². The second kappa shape index (κ2) is 6.19. The summed E-state index contributed by atoms with van der Waals surface area (Å²) in [7, 11) is 0. The van der Waals surface area contributed by atoms with Crippen LogP contribution in [0.5, 0.6) is 0 Å². The summed E-state index contributed by atoms with van der Waals surface area (Å²) in [6.45, 7) is -1.95. The normalized spacial score (nSPS) is 18.8. The smallest absolute Gasteiger partial charge is 0.179 e. The van der Waals surface area contributed by atoms with E-state index in [9.17, 15) is 18.0 Å². The zero-order valence-corrected chi connectivity index (χ0v) is 10.5. The fraction of sp³-hybridized carbons (Fsp3) is 0.500. The number of ketones is 1. The van der Waals surface area contributed by atoms with Gasteiger partial charge >= 0.3 is 0 Å². The Morgan fingerprint density at radius 2 is 1.79 bits per heavy atom. The molecule has 1 heterocycles. The Hall–Kier alpha value is -1.36. The van der Waals surface area contributed by atoms with Gasteiger partial charge in [-0.2, -0.15) is 0 Å². The molecule has 1 saturated heterocycles. The first kappa shape index (κ1) is 14.1. The lowest BCUT2D eigenvalue weighted by atomic mass is 9.94. The molecule has 1 fully saturated rings. The quantitative estimate of drug-likeness (QED) is 0.834. The molecule has 1 aliphatic rings. The van der Waals surface area contributed by atoms with E-state index >= 15 is 0 Å². The zero-order valence-electron chi connectivity index (χ0n) is 10.5. The summed E-state index contributed by atoms with van der Waals surface area (Å²) in [4.78, 5) is 12.2. The molecule has 104 valence electrons. The summed E-state index contributed by atoms with van der Waals surface area (Å²) >= 11 is 0. The summed E-state index contributed by atoms with van der Waals surface area (Å²) in [5, 5.41) is 3.05. The average molecular weight is 271 g/mol. The van der Waals surface area contributed by atoms with Crippen LogP contribution in [0.15, 0.2) is 12.1 Å². The largest absolute Gasteiger partial charge is 0.307 e. The molecule has 5 heteroatoms. The second-order valence-electron chi connectivity index (χ2n) is 4.69. The van der Waals surface area contributed by atoms with E-state index in [1.165, 1.54) is 12.1 Å². The van der Waals surface area contributed by atoms with Crippen LogP contribution in [-0.2, 0) is 20.0 Å². The third-order valence-corrected chi connectivity index (χ3v) is 3.52. The van der Waals surface area contributed by atoms with Gasteiger partial charge in [0, 0.05) is 5.56 Å². The van der Waals surface area contributed by atoms with E-state index in [0.717, 1.165) is 19.4 Å². The van der Waals surface area contributed by atoms with Gasteiger partial charge in [0.2, 0.25) is 0 Å². The van der Waals surface area contributed by atoms with Gasteiger partial charge < -0.3 is 5.32 Å². The standard InChI is InChI=1S/C14H16F3NO/c15-6-10-4-9(5-11(7-16)12(10)8-17)14(19)13-2-1-3-18-13/h4-5,13,18H,1-3,6-8H2/t13-/m0/s1. The Kier molecular flexibility index (Phi) is 4.58. The number of halogens is 3. The van der Waals surface area contributed by atoms with E-state index in [2.05, 4.69) is 5.32 Å². The van der Waals surface area contributed by atoms with E-state index in [4.69, 9.17) is 0 Å². The van der Waals surface area contributed by atoms with E-state index < -0.39 is 20.0 Å². The number of rotatable bonds is 5. The molecule has 1 atom stereocenters. The molecular weight excluding hydrogens is 255 g/mol. The molecule has 1 aromatic rings. The van der Waals surface area contributed by atoms with Crippen LogP contribution < -0.4 is 5.32 Å². The number of nitrogens with one attached hydrogen (secondary N) is 1. The number of carbonyl (C=O) groups excluding carboxylic acids is 1. The van der Waals surface area contributed by atoms with Crippen LogP contribution in [0.2, 0.25) is 0 Å². The number of Topliss-reactive ketones (excluding diaryl/α,β-unsaturated/α-hetero) is 1. The number of carbonyl (C=O) groups is 1. The van der Waals surface area contributed by atoms with Crippen molar-refractivity contribution in [1.29, 1.82) is 0 Å². The average Bonchev–Trinajstić information content (AvgIpc) is 2.98. The van der Waals surface area contributed by atoms with Crippen LogP contribution in [0.3, 0.4) is 0 Å². The number of hydrogen-bond donors (Lipinski definition) is 1. The monoisotopic (exact) mass is 271 g/mol. The van der Waals surface area contributed by atoms with Crippen molar-refractivity contribution >= 4 is 5.78 Å². The molecule has 0 saturated carbocycles. The van der Waals surface area contributed by atoms with Gasteiger partial charge in [0.15, 0.2) is 5.78 Å². The van der Waals surface area contributed by atoms with Crippen molar-refractivity contribution in [2.75, 3.05) is 6.54 Å². The van der Waals surface area contributed by atoms with Gasteiger partial charge in [-0.1, -0.05) is 0 Å². The Balaban J connectivity index is 2.37. The summed E-state index contributed by atoms with van der Waals surface area (Å²) in [5.74, 6) is -0.174. The Morgan fingerprint density at radius 1 is 1.16 bits per heavy atom. The first-order valence-corrected chi connectivity index (χ1v) is 6.31. The highest BCUT2D eigenvalue weighted by Crippen LogP contribution is 2.23. The van der Waals surface area contributed by atoms with Crippen LogP contribution in [0.1, 0.15) is 39.9 Å². The molecular formula is C14H16F3NO. The highest BCUT2D eigenvalue weighted by molar-refractivity contribution is 6.00. The molecule has 0 aromatic heterocycles. The summed E-state index contributed by atoms with van der Waals surface area (Å²) < 4.78 is 38.6. The molecule has 0 amide bonds. The summed E-state index contributed by atoms with van der Waals surface area (Å²) in [6.07, 6.45) is 1.63. The minimum Gasteiger partial charge on any atom is -0.307 e. The molecule has 19 heavy (non-hydrogen) atoms. The van der Waals surface area contributed by atoms with Gasteiger partial charge in [-0.15, -0.1) is 0 Å². The predicted molar refractivity (Wildman–Crippen MR) is 66.2 cm³/mol. The fourth-order valence-electron chi connectivity index (χ4n) is 2.46. The van der Waals surface area contributed by atoms with Crippen LogP contribution in [0, 0.1) is 0 Å².